The van der Waals surface area contributed by atoms with Gasteiger partial charge in [0, 0.05) is 18.9 Å². The summed E-state index contributed by atoms with van der Waals surface area (Å²) < 4.78 is 0. The Morgan fingerprint density at radius 2 is 2.00 bits per heavy atom. The van der Waals surface area contributed by atoms with E-state index in [1.807, 2.05) is 6.92 Å². The van der Waals surface area contributed by atoms with Crippen molar-refractivity contribution in [1.29, 1.82) is 0 Å². The maximum absolute atomic E-state index is 5.56. The lowest BCUT2D eigenvalue weighted by atomic mass is 9.89. The molecule has 0 fully saturated rings. The highest BCUT2D eigenvalue weighted by Crippen LogP contribution is 2.20. The number of aromatic nitrogens is 2. The van der Waals surface area contributed by atoms with Crippen LogP contribution in [0.25, 0.3) is 0 Å². The van der Waals surface area contributed by atoms with Crippen molar-refractivity contribution in [2.45, 2.75) is 27.2 Å². The minimum absolute atomic E-state index is 0.193. The number of anilines is 1. The average Bonchev–Trinajstić information content (AvgIpc) is 2.16. The van der Waals surface area contributed by atoms with Gasteiger partial charge in [-0.05, 0) is 25.3 Å². The van der Waals surface area contributed by atoms with Crippen molar-refractivity contribution in [2.75, 3.05) is 18.4 Å². The van der Waals surface area contributed by atoms with E-state index in [1.165, 1.54) is 0 Å². The summed E-state index contributed by atoms with van der Waals surface area (Å²) in [4.78, 5) is 8.41. The fraction of sp³-hybridized carbons (Fsp3) is 0.636. The van der Waals surface area contributed by atoms with Crippen LogP contribution < -0.4 is 11.1 Å². The fourth-order valence-corrected chi connectivity index (χ4v) is 1.38. The Morgan fingerprint density at radius 1 is 1.33 bits per heavy atom. The Kier molecular flexibility index (Phi) is 4.03. The van der Waals surface area contributed by atoms with Crippen molar-refractivity contribution < 1.29 is 0 Å². The molecule has 0 saturated heterocycles. The van der Waals surface area contributed by atoms with E-state index >= 15 is 0 Å². The van der Waals surface area contributed by atoms with Crippen molar-refractivity contribution >= 4 is 5.82 Å². The highest BCUT2D eigenvalue weighted by atomic mass is 15.0. The summed E-state index contributed by atoms with van der Waals surface area (Å²) in [5.74, 6) is 0.864. The van der Waals surface area contributed by atoms with Gasteiger partial charge in [0.2, 0.25) is 0 Å². The summed E-state index contributed by atoms with van der Waals surface area (Å²) in [5.41, 5.74) is 6.68. The fourth-order valence-electron chi connectivity index (χ4n) is 1.38. The summed E-state index contributed by atoms with van der Waals surface area (Å²) >= 11 is 0. The van der Waals surface area contributed by atoms with Crippen LogP contribution in [0.4, 0.5) is 5.82 Å². The van der Waals surface area contributed by atoms with Crippen LogP contribution in [0.3, 0.4) is 0 Å². The SMILES string of the molecule is Cc1nccnc1NCC(C)(C)CCN. The maximum atomic E-state index is 5.56. The molecular weight excluding hydrogens is 188 g/mol. The van der Waals surface area contributed by atoms with Crippen molar-refractivity contribution in [3.63, 3.8) is 0 Å². The zero-order chi connectivity index (χ0) is 11.3. The lowest BCUT2D eigenvalue weighted by molar-refractivity contribution is 0.365. The molecule has 1 aromatic rings. The molecule has 0 aliphatic rings. The largest absolute Gasteiger partial charge is 0.368 e. The Labute approximate surface area is 91.3 Å². The molecule has 1 rings (SSSR count). The number of aryl methyl sites for hydroxylation is 1. The van der Waals surface area contributed by atoms with Crippen LogP contribution in [0.15, 0.2) is 12.4 Å². The number of rotatable bonds is 5. The lowest BCUT2D eigenvalue weighted by Crippen LogP contribution is -2.26. The third-order valence-corrected chi connectivity index (χ3v) is 2.44. The minimum atomic E-state index is 0.193. The summed E-state index contributed by atoms with van der Waals surface area (Å²) in [6.07, 6.45) is 4.40. The number of nitrogens with two attached hydrogens (primary N) is 1. The first-order valence-electron chi connectivity index (χ1n) is 5.27. The van der Waals surface area contributed by atoms with E-state index in [2.05, 4.69) is 29.1 Å². The number of nitrogens with zero attached hydrogens (tertiary/aromatic N) is 2. The normalized spacial score (nSPS) is 11.5. The van der Waals surface area contributed by atoms with E-state index in [4.69, 9.17) is 5.73 Å². The van der Waals surface area contributed by atoms with Gasteiger partial charge in [0.15, 0.2) is 0 Å². The predicted molar refractivity (Wildman–Crippen MR) is 62.7 cm³/mol. The highest BCUT2D eigenvalue weighted by molar-refractivity contribution is 5.38. The van der Waals surface area contributed by atoms with Crippen LogP contribution in [0, 0.1) is 12.3 Å². The monoisotopic (exact) mass is 208 g/mol. The van der Waals surface area contributed by atoms with Gasteiger partial charge in [-0.1, -0.05) is 13.8 Å². The molecule has 3 N–H and O–H groups in total. The van der Waals surface area contributed by atoms with Gasteiger partial charge in [-0.3, -0.25) is 4.98 Å². The molecule has 1 heterocycles. The average molecular weight is 208 g/mol. The van der Waals surface area contributed by atoms with Gasteiger partial charge in [0.1, 0.15) is 5.82 Å². The van der Waals surface area contributed by atoms with Gasteiger partial charge in [0.05, 0.1) is 5.69 Å². The second kappa shape index (κ2) is 5.07. The highest BCUT2D eigenvalue weighted by Gasteiger charge is 2.16. The molecule has 0 aliphatic heterocycles. The maximum Gasteiger partial charge on any atom is 0.147 e. The molecular formula is C11H20N4. The van der Waals surface area contributed by atoms with Gasteiger partial charge in [-0.15, -0.1) is 0 Å². The minimum Gasteiger partial charge on any atom is -0.368 e. The van der Waals surface area contributed by atoms with E-state index in [1.54, 1.807) is 12.4 Å². The molecule has 15 heavy (non-hydrogen) atoms. The molecule has 0 saturated carbocycles. The van der Waals surface area contributed by atoms with E-state index in [-0.39, 0.29) is 5.41 Å². The van der Waals surface area contributed by atoms with Gasteiger partial charge < -0.3 is 11.1 Å². The quantitative estimate of drug-likeness (QED) is 0.771. The molecule has 84 valence electrons. The molecule has 1 aromatic heterocycles. The number of hydrogen-bond acceptors (Lipinski definition) is 4. The smallest absolute Gasteiger partial charge is 0.147 e. The second-order valence-electron chi connectivity index (χ2n) is 4.55. The van der Waals surface area contributed by atoms with Crippen LogP contribution in [-0.4, -0.2) is 23.1 Å². The number of nitrogens with one attached hydrogen (secondary N) is 1. The lowest BCUT2D eigenvalue weighted by Gasteiger charge is -2.24. The van der Waals surface area contributed by atoms with Gasteiger partial charge in [-0.2, -0.15) is 0 Å². The van der Waals surface area contributed by atoms with E-state index in [0.717, 1.165) is 24.5 Å². The standard InChI is InChI=1S/C11H20N4/c1-9-10(14-7-6-13-9)15-8-11(2,3)4-5-12/h6-7H,4-5,8,12H2,1-3H3,(H,14,15). The third-order valence-electron chi connectivity index (χ3n) is 2.44. The van der Waals surface area contributed by atoms with E-state index in [9.17, 15) is 0 Å². The Hall–Kier alpha value is -1.16. The summed E-state index contributed by atoms with van der Waals surface area (Å²) in [7, 11) is 0. The van der Waals surface area contributed by atoms with Crippen LogP contribution in [0.2, 0.25) is 0 Å². The molecule has 0 unspecified atom stereocenters. The van der Waals surface area contributed by atoms with Gasteiger partial charge >= 0.3 is 0 Å². The topological polar surface area (TPSA) is 63.8 Å². The summed E-state index contributed by atoms with van der Waals surface area (Å²) in [5, 5.41) is 3.31. The van der Waals surface area contributed by atoms with Crippen molar-refractivity contribution in [1.82, 2.24) is 9.97 Å². The molecule has 4 nitrogen and oxygen atoms in total. The first-order valence-corrected chi connectivity index (χ1v) is 5.27. The molecule has 0 bridgehead atoms. The van der Waals surface area contributed by atoms with Crippen LogP contribution >= 0.6 is 0 Å². The van der Waals surface area contributed by atoms with Gasteiger partial charge in [0.25, 0.3) is 0 Å². The van der Waals surface area contributed by atoms with Crippen LogP contribution in [0.5, 0.6) is 0 Å². The van der Waals surface area contributed by atoms with E-state index in [0.29, 0.717) is 6.54 Å². The Morgan fingerprint density at radius 3 is 2.60 bits per heavy atom. The molecule has 0 amide bonds. The van der Waals surface area contributed by atoms with Crippen molar-refractivity contribution in [3.8, 4) is 0 Å². The molecule has 0 radical (unpaired) electrons. The first kappa shape index (κ1) is 11.9. The molecule has 0 aliphatic carbocycles. The molecule has 0 aromatic carbocycles. The third kappa shape index (κ3) is 3.83. The van der Waals surface area contributed by atoms with Crippen molar-refractivity contribution in [3.05, 3.63) is 18.1 Å². The van der Waals surface area contributed by atoms with Crippen molar-refractivity contribution in [2.24, 2.45) is 11.1 Å². The molecule has 0 spiro atoms. The first-order chi connectivity index (χ1) is 7.05. The second-order valence-corrected chi connectivity index (χ2v) is 4.55. The predicted octanol–water partition coefficient (Wildman–Crippen LogP) is 1.57. The zero-order valence-electron chi connectivity index (χ0n) is 9.75. The number of hydrogen-bond donors (Lipinski definition) is 2. The van der Waals surface area contributed by atoms with Crippen LogP contribution in [0.1, 0.15) is 26.0 Å². The molecule has 4 heteroatoms. The summed E-state index contributed by atoms with van der Waals surface area (Å²) in [6, 6.07) is 0. The molecule has 0 atom stereocenters. The Balaban J connectivity index is 2.53. The zero-order valence-corrected chi connectivity index (χ0v) is 9.75. The Bertz CT molecular complexity index is 309. The van der Waals surface area contributed by atoms with E-state index < -0.39 is 0 Å². The van der Waals surface area contributed by atoms with Crippen LogP contribution in [-0.2, 0) is 0 Å². The van der Waals surface area contributed by atoms with Gasteiger partial charge in [-0.25, -0.2) is 4.98 Å². The summed E-state index contributed by atoms with van der Waals surface area (Å²) in [6.45, 7) is 7.92.